The van der Waals surface area contributed by atoms with Crippen LogP contribution in [0, 0.1) is 6.92 Å². The number of para-hydroxylation sites is 1. The van der Waals surface area contributed by atoms with Crippen molar-refractivity contribution in [3.63, 3.8) is 0 Å². The highest BCUT2D eigenvalue weighted by atomic mass is 32.1. The number of nitrogens with one attached hydrogen (secondary N) is 1. The standard InChI is InChI=1S/C31H23N3O2S/c1-19-7-16-27-29(17-19)37-31(34-27)21-8-12-22(13-9-21)32-30(35)25-18-28(20-10-14-23(36-2)15-11-20)33-26-6-4-3-5-24(25)26/h3-18H,1-2H3,(H,32,35). The molecule has 5 nitrogen and oxygen atoms in total. The number of aromatic nitrogens is 2. The third-order valence-electron chi connectivity index (χ3n) is 6.28. The van der Waals surface area contributed by atoms with E-state index in [1.165, 1.54) is 10.3 Å². The number of amides is 1. The minimum atomic E-state index is -0.184. The fourth-order valence-corrected chi connectivity index (χ4v) is 5.39. The summed E-state index contributed by atoms with van der Waals surface area (Å²) in [4.78, 5) is 23.0. The number of benzene rings is 4. The molecule has 0 bridgehead atoms. The van der Waals surface area contributed by atoms with Crippen LogP contribution >= 0.6 is 11.3 Å². The van der Waals surface area contributed by atoms with Gasteiger partial charge < -0.3 is 10.1 Å². The van der Waals surface area contributed by atoms with Crippen molar-refractivity contribution in [1.82, 2.24) is 9.97 Å². The van der Waals surface area contributed by atoms with E-state index in [2.05, 4.69) is 30.4 Å². The summed E-state index contributed by atoms with van der Waals surface area (Å²) in [6, 6.07) is 31.3. The second-order valence-electron chi connectivity index (χ2n) is 8.82. The number of fused-ring (bicyclic) bond motifs is 2. The van der Waals surface area contributed by atoms with Crippen molar-refractivity contribution in [1.29, 1.82) is 0 Å². The first-order valence-corrected chi connectivity index (χ1v) is 12.7. The zero-order valence-corrected chi connectivity index (χ0v) is 21.2. The molecule has 6 aromatic rings. The highest BCUT2D eigenvalue weighted by Gasteiger charge is 2.15. The lowest BCUT2D eigenvalue weighted by Crippen LogP contribution is -2.13. The van der Waals surface area contributed by atoms with Crippen molar-refractivity contribution in [3.05, 3.63) is 108 Å². The van der Waals surface area contributed by atoms with Crippen molar-refractivity contribution in [3.8, 4) is 27.6 Å². The van der Waals surface area contributed by atoms with Crippen LogP contribution < -0.4 is 10.1 Å². The fraction of sp³-hybridized carbons (Fsp3) is 0.0645. The Bertz CT molecular complexity index is 1760. The summed E-state index contributed by atoms with van der Waals surface area (Å²) in [5.41, 5.74) is 6.94. The molecule has 0 saturated carbocycles. The van der Waals surface area contributed by atoms with Gasteiger partial charge in [-0.2, -0.15) is 0 Å². The first kappa shape index (κ1) is 22.9. The molecular formula is C31H23N3O2S. The number of pyridine rings is 1. The predicted molar refractivity (Wildman–Crippen MR) is 151 cm³/mol. The van der Waals surface area contributed by atoms with Crippen LogP contribution in [0.1, 0.15) is 15.9 Å². The van der Waals surface area contributed by atoms with Gasteiger partial charge in [-0.3, -0.25) is 4.79 Å². The molecule has 6 heteroatoms. The highest BCUT2D eigenvalue weighted by Crippen LogP contribution is 2.32. The lowest BCUT2D eigenvalue weighted by molar-refractivity contribution is 0.102. The van der Waals surface area contributed by atoms with Crippen LogP contribution in [0.3, 0.4) is 0 Å². The van der Waals surface area contributed by atoms with Crippen molar-refractivity contribution in [2.45, 2.75) is 6.92 Å². The van der Waals surface area contributed by atoms with Gasteiger partial charge in [0.25, 0.3) is 5.91 Å². The average molecular weight is 502 g/mol. The monoisotopic (exact) mass is 501 g/mol. The Kier molecular flexibility index (Phi) is 5.87. The second kappa shape index (κ2) is 9.48. The molecule has 6 rings (SSSR count). The van der Waals surface area contributed by atoms with E-state index in [1.807, 2.05) is 78.9 Å². The summed E-state index contributed by atoms with van der Waals surface area (Å²) in [5, 5.41) is 4.82. The molecule has 0 fully saturated rings. The Balaban J connectivity index is 1.30. The molecule has 0 radical (unpaired) electrons. The number of nitrogens with zero attached hydrogens (tertiary/aromatic N) is 2. The zero-order valence-electron chi connectivity index (χ0n) is 20.4. The highest BCUT2D eigenvalue weighted by molar-refractivity contribution is 7.21. The maximum Gasteiger partial charge on any atom is 0.256 e. The van der Waals surface area contributed by atoms with Crippen LogP contribution in [0.15, 0.2) is 97.1 Å². The van der Waals surface area contributed by atoms with Gasteiger partial charge in [0.2, 0.25) is 0 Å². The molecule has 0 saturated heterocycles. The molecule has 2 heterocycles. The number of anilines is 1. The minimum Gasteiger partial charge on any atom is -0.497 e. The summed E-state index contributed by atoms with van der Waals surface area (Å²) in [5.74, 6) is 0.587. The number of aryl methyl sites for hydroxylation is 1. The number of carbonyl (C=O) groups excluding carboxylic acids is 1. The molecule has 0 spiro atoms. The van der Waals surface area contributed by atoms with Crippen molar-refractivity contribution >= 4 is 44.1 Å². The van der Waals surface area contributed by atoms with Crippen LogP contribution in [0.5, 0.6) is 5.75 Å². The van der Waals surface area contributed by atoms with E-state index < -0.39 is 0 Å². The number of rotatable bonds is 5. The van der Waals surface area contributed by atoms with E-state index in [4.69, 9.17) is 14.7 Å². The summed E-state index contributed by atoms with van der Waals surface area (Å²) >= 11 is 1.67. The van der Waals surface area contributed by atoms with Gasteiger partial charge >= 0.3 is 0 Å². The van der Waals surface area contributed by atoms with E-state index in [9.17, 15) is 4.79 Å². The summed E-state index contributed by atoms with van der Waals surface area (Å²) in [7, 11) is 1.64. The lowest BCUT2D eigenvalue weighted by atomic mass is 10.0. The van der Waals surface area contributed by atoms with Gasteiger partial charge in [-0.05, 0) is 85.3 Å². The second-order valence-corrected chi connectivity index (χ2v) is 9.85. The van der Waals surface area contributed by atoms with Crippen LogP contribution in [0.2, 0.25) is 0 Å². The van der Waals surface area contributed by atoms with Crippen molar-refractivity contribution in [2.24, 2.45) is 0 Å². The molecule has 1 N–H and O–H groups in total. The van der Waals surface area contributed by atoms with Crippen LogP contribution in [0.4, 0.5) is 5.69 Å². The van der Waals surface area contributed by atoms with Gasteiger partial charge in [-0.1, -0.05) is 24.3 Å². The van der Waals surface area contributed by atoms with E-state index in [-0.39, 0.29) is 5.91 Å². The molecule has 37 heavy (non-hydrogen) atoms. The maximum atomic E-state index is 13.4. The van der Waals surface area contributed by atoms with E-state index >= 15 is 0 Å². The van der Waals surface area contributed by atoms with E-state index in [0.717, 1.165) is 49.7 Å². The Hall–Kier alpha value is -4.55. The largest absolute Gasteiger partial charge is 0.497 e. The van der Waals surface area contributed by atoms with Gasteiger partial charge in [-0.15, -0.1) is 11.3 Å². The maximum absolute atomic E-state index is 13.4. The molecule has 0 aliphatic rings. The first-order valence-electron chi connectivity index (χ1n) is 11.9. The van der Waals surface area contributed by atoms with Crippen LogP contribution in [0.25, 0.3) is 42.9 Å². The molecule has 0 atom stereocenters. The molecule has 0 aliphatic carbocycles. The summed E-state index contributed by atoms with van der Waals surface area (Å²) < 4.78 is 6.44. The van der Waals surface area contributed by atoms with Gasteiger partial charge in [-0.25, -0.2) is 9.97 Å². The van der Waals surface area contributed by atoms with Gasteiger partial charge in [0.05, 0.1) is 34.1 Å². The van der Waals surface area contributed by atoms with E-state index in [0.29, 0.717) is 5.56 Å². The summed E-state index contributed by atoms with van der Waals surface area (Å²) in [6.07, 6.45) is 0. The quantitative estimate of drug-likeness (QED) is 0.262. The molecule has 0 aliphatic heterocycles. The van der Waals surface area contributed by atoms with Crippen LogP contribution in [-0.4, -0.2) is 23.0 Å². The molecule has 1 amide bonds. The van der Waals surface area contributed by atoms with Crippen LogP contribution in [-0.2, 0) is 0 Å². The minimum absolute atomic E-state index is 0.184. The van der Waals surface area contributed by atoms with E-state index in [1.54, 1.807) is 18.4 Å². The summed E-state index contributed by atoms with van der Waals surface area (Å²) in [6.45, 7) is 2.09. The average Bonchev–Trinajstić information content (AvgIpc) is 3.36. The van der Waals surface area contributed by atoms with Crippen molar-refractivity contribution < 1.29 is 9.53 Å². The Morgan fingerprint density at radius 1 is 0.811 bits per heavy atom. The molecule has 4 aromatic carbocycles. The third-order valence-corrected chi connectivity index (χ3v) is 7.35. The topological polar surface area (TPSA) is 64.1 Å². The Morgan fingerprint density at radius 2 is 1.57 bits per heavy atom. The SMILES string of the molecule is COc1ccc(-c2cc(C(=O)Nc3ccc(-c4nc5ccc(C)cc5s4)cc3)c3ccccc3n2)cc1. The zero-order chi connectivity index (χ0) is 25.4. The first-order chi connectivity index (χ1) is 18.1. The smallest absolute Gasteiger partial charge is 0.256 e. The third kappa shape index (κ3) is 4.55. The van der Waals surface area contributed by atoms with Crippen molar-refractivity contribution in [2.75, 3.05) is 12.4 Å². The number of hydrogen-bond donors (Lipinski definition) is 1. The number of carbonyl (C=O) groups is 1. The number of hydrogen-bond acceptors (Lipinski definition) is 5. The Morgan fingerprint density at radius 3 is 2.35 bits per heavy atom. The fourth-order valence-electron chi connectivity index (χ4n) is 4.32. The number of thiazole rings is 1. The molecule has 2 aromatic heterocycles. The molecular weight excluding hydrogens is 478 g/mol. The molecule has 0 unspecified atom stereocenters. The molecule has 180 valence electrons. The van der Waals surface area contributed by atoms with Gasteiger partial charge in [0, 0.05) is 22.2 Å². The normalized spacial score (nSPS) is 11.1. The Labute approximate surface area is 218 Å². The predicted octanol–water partition coefficient (Wildman–Crippen LogP) is 7.75. The number of ether oxygens (including phenoxy) is 1. The van der Waals surface area contributed by atoms with Gasteiger partial charge in [0.15, 0.2) is 0 Å². The van der Waals surface area contributed by atoms with Gasteiger partial charge in [0.1, 0.15) is 10.8 Å². The number of methoxy groups -OCH3 is 1. The lowest BCUT2D eigenvalue weighted by Gasteiger charge is -2.11.